The summed E-state index contributed by atoms with van der Waals surface area (Å²) in [6.07, 6.45) is 5.63. The standard InChI is InChI=1S/C25H33N3O4/c1-3-28-21(29)24(26-22(28)30)8-9-25(31)20-12-17-6-7-18(32-2)13-19(17)23(25,15-24)10-11-27(20)14-16-4-5-16/h6-7,13,16,20,31H,3-5,8-12,14-15H2,1-2H3,(H,26,30)/t20-,23-,24+,25-/m1/s1. The molecular formula is C25H33N3O4. The Balaban J connectivity index is 1.48. The van der Waals surface area contributed by atoms with Crippen molar-refractivity contribution in [3.05, 3.63) is 29.3 Å². The van der Waals surface area contributed by atoms with Gasteiger partial charge in [-0.2, -0.15) is 0 Å². The van der Waals surface area contributed by atoms with Crippen molar-refractivity contribution in [2.75, 3.05) is 26.7 Å². The Hall–Kier alpha value is -2.12. The van der Waals surface area contributed by atoms with Crippen LogP contribution in [-0.4, -0.2) is 70.8 Å². The minimum atomic E-state index is -0.930. The normalized spacial score (nSPS) is 38.5. The first-order chi connectivity index (χ1) is 15.4. The Morgan fingerprint density at radius 1 is 1.22 bits per heavy atom. The van der Waals surface area contributed by atoms with E-state index in [9.17, 15) is 14.7 Å². The number of rotatable bonds is 4. The second-order valence-corrected chi connectivity index (χ2v) is 10.7. The van der Waals surface area contributed by atoms with Gasteiger partial charge in [0.05, 0.1) is 12.7 Å². The number of imide groups is 1. The summed E-state index contributed by atoms with van der Waals surface area (Å²) in [6.45, 7) is 4.17. The SMILES string of the molecule is CCN1C(=O)N[C@]2(CC[C@@]3(O)[C@H]4Cc5ccc(OC)cc5[C@@]3(CCN4CC3CC3)C2)C1=O. The van der Waals surface area contributed by atoms with E-state index in [2.05, 4.69) is 22.3 Å². The number of hydrogen-bond donors (Lipinski definition) is 2. The monoisotopic (exact) mass is 439 g/mol. The minimum Gasteiger partial charge on any atom is -0.497 e. The summed E-state index contributed by atoms with van der Waals surface area (Å²) in [5, 5.41) is 15.5. The molecule has 2 aliphatic heterocycles. The molecule has 6 rings (SSSR count). The Bertz CT molecular complexity index is 993. The molecule has 2 saturated heterocycles. The van der Waals surface area contributed by atoms with Gasteiger partial charge in [-0.1, -0.05) is 6.07 Å². The number of urea groups is 1. The van der Waals surface area contributed by atoms with Crippen LogP contribution in [0.2, 0.25) is 0 Å². The van der Waals surface area contributed by atoms with E-state index < -0.39 is 16.6 Å². The van der Waals surface area contributed by atoms with Gasteiger partial charge in [-0.05, 0) is 87.6 Å². The average Bonchev–Trinajstić information content (AvgIpc) is 3.56. The molecule has 4 fully saturated rings. The van der Waals surface area contributed by atoms with Crippen molar-refractivity contribution in [1.29, 1.82) is 0 Å². The van der Waals surface area contributed by atoms with Crippen molar-refractivity contribution in [3.8, 4) is 5.75 Å². The van der Waals surface area contributed by atoms with Crippen molar-refractivity contribution in [2.45, 2.75) is 74.5 Å². The first-order valence-corrected chi connectivity index (χ1v) is 12.1. The third-order valence-electron chi connectivity index (χ3n) is 9.18. The molecule has 7 nitrogen and oxygen atoms in total. The number of carbonyl (C=O) groups excluding carboxylic acids is 2. The first kappa shape index (κ1) is 20.5. The molecular weight excluding hydrogens is 406 g/mol. The van der Waals surface area contributed by atoms with Crippen molar-refractivity contribution >= 4 is 11.9 Å². The quantitative estimate of drug-likeness (QED) is 0.703. The predicted molar refractivity (Wildman–Crippen MR) is 119 cm³/mol. The number of aliphatic hydroxyl groups is 1. The molecule has 2 bridgehead atoms. The number of benzene rings is 1. The van der Waals surface area contributed by atoms with E-state index in [1.165, 1.54) is 23.3 Å². The van der Waals surface area contributed by atoms with E-state index in [1.54, 1.807) is 7.11 Å². The number of carbonyl (C=O) groups is 2. The number of amides is 3. The Labute approximate surface area is 189 Å². The molecule has 1 aromatic carbocycles. The molecule has 2 heterocycles. The lowest BCUT2D eigenvalue weighted by Gasteiger charge is -2.65. The number of piperidine rings is 1. The minimum absolute atomic E-state index is 0.0459. The smallest absolute Gasteiger partial charge is 0.325 e. The number of likely N-dealkylation sites (tertiary alicyclic amines) is 1. The highest BCUT2D eigenvalue weighted by Crippen LogP contribution is 2.61. The molecule has 4 atom stereocenters. The number of methoxy groups -OCH3 is 1. The zero-order valence-electron chi connectivity index (χ0n) is 19.0. The molecule has 2 saturated carbocycles. The average molecular weight is 440 g/mol. The van der Waals surface area contributed by atoms with Gasteiger partial charge in [0, 0.05) is 24.5 Å². The van der Waals surface area contributed by atoms with Crippen LogP contribution in [0.4, 0.5) is 4.79 Å². The second-order valence-electron chi connectivity index (χ2n) is 10.7. The van der Waals surface area contributed by atoms with Crippen molar-refractivity contribution in [2.24, 2.45) is 5.92 Å². The van der Waals surface area contributed by atoms with E-state index in [4.69, 9.17) is 4.74 Å². The van der Waals surface area contributed by atoms with Gasteiger partial charge in [0.25, 0.3) is 5.91 Å². The molecule has 5 aliphatic rings. The summed E-state index contributed by atoms with van der Waals surface area (Å²) in [7, 11) is 1.66. The van der Waals surface area contributed by atoms with Gasteiger partial charge < -0.3 is 15.2 Å². The third-order valence-corrected chi connectivity index (χ3v) is 9.18. The Morgan fingerprint density at radius 3 is 2.72 bits per heavy atom. The lowest BCUT2D eigenvalue weighted by Crippen LogP contribution is -2.76. The van der Waals surface area contributed by atoms with Crippen LogP contribution in [0.5, 0.6) is 5.75 Å². The van der Waals surface area contributed by atoms with Gasteiger partial charge in [-0.15, -0.1) is 0 Å². The Morgan fingerprint density at radius 2 is 2.03 bits per heavy atom. The van der Waals surface area contributed by atoms with Gasteiger partial charge >= 0.3 is 6.03 Å². The number of nitrogens with one attached hydrogen (secondary N) is 1. The molecule has 7 heteroatoms. The maximum absolute atomic E-state index is 13.4. The van der Waals surface area contributed by atoms with Crippen LogP contribution in [0.15, 0.2) is 18.2 Å². The fraction of sp³-hybridized carbons (Fsp3) is 0.680. The molecule has 1 spiro atoms. The highest BCUT2D eigenvalue weighted by atomic mass is 16.5. The first-order valence-electron chi connectivity index (χ1n) is 12.1. The maximum atomic E-state index is 13.4. The van der Waals surface area contributed by atoms with Crippen LogP contribution in [-0.2, 0) is 16.6 Å². The zero-order valence-corrected chi connectivity index (χ0v) is 19.0. The van der Waals surface area contributed by atoms with Crippen molar-refractivity contribution in [1.82, 2.24) is 15.1 Å². The van der Waals surface area contributed by atoms with Gasteiger partial charge in [0.2, 0.25) is 0 Å². The summed E-state index contributed by atoms with van der Waals surface area (Å²) in [4.78, 5) is 29.9. The summed E-state index contributed by atoms with van der Waals surface area (Å²) in [5.41, 5.74) is -0.0830. The number of fused-ring (bicyclic) bond motifs is 1. The summed E-state index contributed by atoms with van der Waals surface area (Å²) >= 11 is 0. The van der Waals surface area contributed by atoms with Crippen LogP contribution in [0.25, 0.3) is 0 Å². The highest BCUT2D eigenvalue weighted by Gasteiger charge is 2.70. The predicted octanol–water partition coefficient (Wildman–Crippen LogP) is 2.20. The van der Waals surface area contributed by atoms with Crippen LogP contribution in [0, 0.1) is 5.92 Å². The fourth-order valence-corrected chi connectivity index (χ4v) is 7.36. The maximum Gasteiger partial charge on any atom is 0.325 e. The van der Waals surface area contributed by atoms with E-state index in [0.29, 0.717) is 25.8 Å². The molecule has 0 unspecified atom stereocenters. The Kier molecular flexibility index (Phi) is 4.29. The molecule has 0 radical (unpaired) electrons. The van der Waals surface area contributed by atoms with Crippen LogP contribution >= 0.6 is 0 Å². The molecule has 32 heavy (non-hydrogen) atoms. The van der Waals surface area contributed by atoms with Crippen LogP contribution in [0.1, 0.15) is 56.6 Å². The zero-order chi connectivity index (χ0) is 22.3. The number of nitrogens with zero attached hydrogens (tertiary/aromatic N) is 2. The molecule has 2 N–H and O–H groups in total. The lowest BCUT2D eigenvalue weighted by molar-refractivity contribution is -0.181. The molecule has 3 amide bonds. The van der Waals surface area contributed by atoms with Crippen molar-refractivity contribution in [3.63, 3.8) is 0 Å². The van der Waals surface area contributed by atoms with Crippen LogP contribution < -0.4 is 10.1 Å². The molecule has 3 aliphatic carbocycles. The van der Waals surface area contributed by atoms with Crippen LogP contribution in [0.3, 0.4) is 0 Å². The van der Waals surface area contributed by atoms with E-state index >= 15 is 0 Å². The summed E-state index contributed by atoms with van der Waals surface area (Å²) in [6, 6.07) is 5.96. The molecule has 172 valence electrons. The highest BCUT2D eigenvalue weighted by molar-refractivity contribution is 6.07. The largest absolute Gasteiger partial charge is 0.497 e. The second kappa shape index (κ2) is 6.70. The van der Waals surface area contributed by atoms with Gasteiger partial charge in [-0.3, -0.25) is 14.6 Å². The number of likely N-dealkylation sites (N-methyl/N-ethyl adjacent to an activating group) is 1. The van der Waals surface area contributed by atoms with Gasteiger partial charge in [0.15, 0.2) is 0 Å². The van der Waals surface area contributed by atoms with Gasteiger partial charge in [-0.25, -0.2) is 4.79 Å². The summed E-state index contributed by atoms with van der Waals surface area (Å²) in [5.74, 6) is 1.40. The van der Waals surface area contributed by atoms with E-state index in [-0.39, 0.29) is 18.0 Å². The van der Waals surface area contributed by atoms with E-state index in [0.717, 1.165) is 43.2 Å². The molecule has 1 aromatic rings. The third kappa shape index (κ3) is 2.55. The van der Waals surface area contributed by atoms with Crippen molar-refractivity contribution < 1.29 is 19.4 Å². The number of hydrogen-bond acceptors (Lipinski definition) is 5. The lowest BCUT2D eigenvalue weighted by atomic mass is 9.46. The van der Waals surface area contributed by atoms with Gasteiger partial charge in [0.1, 0.15) is 11.3 Å². The summed E-state index contributed by atoms with van der Waals surface area (Å²) < 4.78 is 5.56. The fourth-order valence-electron chi connectivity index (χ4n) is 7.36. The topological polar surface area (TPSA) is 82.1 Å². The van der Waals surface area contributed by atoms with E-state index in [1.807, 2.05) is 13.0 Å². The number of ether oxygens (including phenoxy) is 1. The molecule has 0 aromatic heterocycles.